The Hall–Kier alpha value is -2.74. The van der Waals surface area contributed by atoms with Crippen LogP contribution in [0.5, 0.6) is 5.75 Å². The number of thiazole rings is 1. The minimum Gasteiger partial charge on any atom is -0.492 e. The third-order valence-electron chi connectivity index (χ3n) is 3.18. The van der Waals surface area contributed by atoms with E-state index in [9.17, 15) is 9.18 Å². The molecular weight excluding hydrogens is 331 g/mol. The van der Waals surface area contributed by atoms with Crippen molar-refractivity contribution in [2.24, 2.45) is 7.05 Å². The van der Waals surface area contributed by atoms with Gasteiger partial charge in [-0.25, -0.2) is 9.37 Å². The van der Waals surface area contributed by atoms with Gasteiger partial charge in [-0.1, -0.05) is 0 Å². The SMILES string of the molecule is CCOc1cc(F)ccc1NC(=O)c1csc(-c2cnn(C)c2)n1. The van der Waals surface area contributed by atoms with E-state index in [1.807, 2.05) is 13.2 Å². The van der Waals surface area contributed by atoms with E-state index in [0.29, 0.717) is 17.3 Å². The summed E-state index contributed by atoms with van der Waals surface area (Å²) in [6.45, 7) is 2.16. The maximum Gasteiger partial charge on any atom is 0.275 e. The summed E-state index contributed by atoms with van der Waals surface area (Å²) >= 11 is 1.36. The number of carbonyl (C=O) groups excluding carboxylic acids is 1. The summed E-state index contributed by atoms with van der Waals surface area (Å²) in [6.07, 6.45) is 3.52. The fourth-order valence-corrected chi connectivity index (χ4v) is 2.88. The minimum atomic E-state index is -0.427. The highest BCUT2D eigenvalue weighted by molar-refractivity contribution is 7.13. The molecule has 2 aromatic heterocycles. The molecule has 1 aromatic carbocycles. The van der Waals surface area contributed by atoms with Crippen LogP contribution in [-0.2, 0) is 7.05 Å². The number of rotatable bonds is 5. The van der Waals surface area contributed by atoms with Crippen LogP contribution in [0.1, 0.15) is 17.4 Å². The summed E-state index contributed by atoms with van der Waals surface area (Å²) in [5.41, 5.74) is 1.53. The molecule has 0 saturated carbocycles. The Morgan fingerprint density at radius 2 is 2.29 bits per heavy atom. The number of aryl methyl sites for hydroxylation is 1. The van der Waals surface area contributed by atoms with Gasteiger partial charge in [-0.05, 0) is 19.1 Å². The number of carbonyl (C=O) groups is 1. The minimum absolute atomic E-state index is 0.283. The molecule has 0 atom stereocenters. The number of halogens is 1. The van der Waals surface area contributed by atoms with Gasteiger partial charge in [0.2, 0.25) is 0 Å². The first-order valence-corrected chi connectivity index (χ1v) is 8.13. The molecule has 0 aliphatic carbocycles. The number of hydrogen-bond donors (Lipinski definition) is 1. The summed E-state index contributed by atoms with van der Waals surface area (Å²) < 4.78 is 20.3. The lowest BCUT2D eigenvalue weighted by Gasteiger charge is -2.10. The zero-order chi connectivity index (χ0) is 17.1. The zero-order valence-corrected chi connectivity index (χ0v) is 13.9. The van der Waals surface area contributed by atoms with Crippen LogP contribution in [0.15, 0.2) is 36.0 Å². The molecule has 124 valence electrons. The fraction of sp³-hybridized carbons (Fsp3) is 0.188. The number of benzene rings is 1. The van der Waals surface area contributed by atoms with E-state index in [1.165, 1.54) is 29.5 Å². The van der Waals surface area contributed by atoms with Gasteiger partial charge in [-0.3, -0.25) is 9.48 Å². The van der Waals surface area contributed by atoms with Crippen molar-refractivity contribution in [3.63, 3.8) is 0 Å². The number of anilines is 1. The second-order valence-corrected chi connectivity index (χ2v) is 5.83. The Morgan fingerprint density at radius 1 is 1.46 bits per heavy atom. The van der Waals surface area contributed by atoms with E-state index >= 15 is 0 Å². The quantitative estimate of drug-likeness (QED) is 0.769. The van der Waals surface area contributed by atoms with Crippen molar-refractivity contribution in [2.45, 2.75) is 6.92 Å². The molecule has 0 spiro atoms. The van der Waals surface area contributed by atoms with Gasteiger partial charge in [-0.15, -0.1) is 11.3 Å². The van der Waals surface area contributed by atoms with Gasteiger partial charge in [-0.2, -0.15) is 5.10 Å². The normalized spacial score (nSPS) is 10.6. The Morgan fingerprint density at radius 3 is 3.00 bits per heavy atom. The van der Waals surface area contributed by atoms with Crippen LogP contribution >= 0.6 is 11.3 Å². The monoisotopic (exact) mass is 346 g/mol. The molecule has 0 aliphatic heterocycles. The first-order chi connectivity index (χ1) is 11.6. The van der Waals surface area contributed by atoms with Crippen LogP contribution in [0, 0.1) is 5.82 Å². The molecular formula is C16H15FN4O2S. The third kappa shape index (κ3) is 3.43. The summed E-state index contributed by atoms with van der Waals surface area (Å²) in [6, 6.07) is 3.97. The maximum atomic E-state index is 13.3. The molecule has 1 amide bonds. The molecule has 3 rings (SSSR count). The Bertz CT molecular complexity index is 875. The van der Waals surface area contributed by atoms with Crippen LogP contribution in [0.4, 0.5) is 10.1 Å². The van der Waals surface area contributed by atoms with Gasteiger partial charge in [0.05, 0.1) is 18.5 Å². The van der Waals surface area contributed by atoms with E-state index in [0.717, 1.165) is 5.56 Å². The highest BCUT2D eigenvalue weighted by atomic mass is 32.1. The predicted octanol–water partition coefficient (Wildman–Crippen LogP) is 3.33. The molecule has 6 nitrogen and oxygen atoms in total. The number of nitrogens with one attached hydrogen (secondary N) is 1. The van der Waals surface area contributed by atoms with E-state index in [1.54, 1.807) is 23.2 Å². The van der Waals surface area contributed by atoms with Crippen LogP contribution in [0.3, 0.4) is 0 Å². The second kappa shape index (κ2) is 6.79. The third-order valence-corrected chi connectivity index (χ3v) is 4.07. The van der Waals surface area contributed by atoms with Crippen molar-refractivity contribution >= 4 is 22.9 Å². The van der Waals surface area contributed by atoms with Crippen molar-refractivity contribution in [1.82, 2.24) is 14.8 Å². The number of ether oxygens (including phenoxy) is 1. The molecule has 3 aromatic rings. The smallest absolute Gasteiger partial charge is 0.275 e. The number of amides is 1. The zero-order valence-electron chi connectivity index (χ0n) is 13.1. The van der Waals surface area contributed by atoms with Crippen molar-refractivity contribution in [3.05, 3.63) is 47.5 Å². The molecule has 0 radical (unpaired) electrons. The van der Waals surface area contributed by atoms with Gasteiger partial charge in [0.25, 0.3) is 5.91 Å². The van der Waals surface area contributed by atoms with Crippen LogP contribution in [0.25, 0.3) is 10.6 Å². The maximum absolute atomic E-state index is 13.3. The van der Waals surface area contributed by atoms with Gasteiger partial charge in [0.15, 0.2) is 0 Å². The fourth-order valence-electron chi connectivity index (χ4n) is 2.10. The lowest BCUT2D eigenvalue weighted by Crippen LogP contribution is -2.13. The van der Waals surface area contributed by atoms with E-state index in [2.05, 4.69) is 15.4 Å². The summed E-state index contributed by atoms with van der Waals surface area (Å²) in [4.78, 5) is 16.7. The number of hydrogen-bond acceptors (Lipinski definition) is 5. The van der Waals surface area contributed by atoms with Crippen LogP contribution in [-0.4, -0.2) is 27.3 Å². The Kier molecular flexibility index (Phi) is 4.57. The number of nitrogens with zero attached hydrogens (tertiary/aromatic N) is 3. The second-order valence-electron chi connectivity index (χ2n) is 4.97. The molecule has 24 heavy (non-hydrogen) atoms. The summed E-state index contributed by atoms with van der Waals surface area (Å²) in [5, 5.41) is 9.16. The highest BCUT2D eigenvalue weighted by Crippen LogP contribution is 2.27. The van der Waals surface area contributed by atoms with Gasteiger partial charge < -0.3 is 10.1 Å². The van der Waals surface area contributed by atoms with E-state index in [4.69, 9.17) is 4.74 Å². The standard InChI is InChI=1S/C16H15FN4O2S/c1-3-23-14-6-11(17)4-5-12(14)19-15(22)13-9-24-16(20-13)10-7-18-21(2)8-10/h4-9H,3H2,1-2H3,(H,19,22). The van der Waals surface area contributed by atoms with Crippen molar-refractivity contribution in [2.75, 3.05) is 11.9 Å². The Labute approximate surface area is 141 Å². The van der Waals surface area contributed by atoms with Crippen molar-refractivity contribution in [1.29, 1.82) is 0 Å². The molecule has 8 heteroatoms. The topological polar surface area (TPSA) is 69.0 Å². The molecule has 0 fully saturated rings. The lowest BCUT2D eigenvalue weighted by atomic mass is 10.2. The molecule has 1 N–H and O–H groups in total. The van der Waals surface area contributed by atoms with Crippen LogP contribution in [0.2, 0.25) is 0 Å². The van der Waals surface area contributed by atoms with Crippen LogP contribution < -0.4 is 10.1 Å². The first kappa shape index (κ1) is 16.1. The molecule has 0 bridgehead atoms. The highest BCUT2D eigenvalue weighted by Gasteiger charge is 2.15. The summed E-state index contributed by atoms with van der Waals surface area (Å²) in [7, 11) is 1.81. The molecule has 0 saturated heterocycles. The van der Waals surface area contributed by atoms with Gasteiger partial charge >= 0.3 is 0 Å². The average Bonchev–Trinajstić information content (AvgIpc) is 3.19. The van der Waals surface area contributed by atoms with Gasteiger partial charge in [0.1, 0.15) is 22.3 Å². The Balaban J connectivity index is 1.79. The molecule has 0 unspecified atom stereocenters. The molecule has 0 aliphatic rings. The number of aromatic nitrogens is 3. The van der Waals surface area contributed by atoms with Crippen molar-refractivity contribution < 1.29 is 13.9 Å². The van der Waals surface area contributed by atoms with Crippen molar-refractivity contribution in [3.8, 4) is 16.3 Å². The summed E-state index contributed by atoms with van der Waals surface area (Å²) in [5.74, 6) is -0.522. The van der Waals surface area contributed by atoms with E-state index in [-0.39, 0.29) is 17.4 Å². The predicted molar refractivity (Wildman–Crippen MR) is 89.8 cm³/mol. The van der Waals surface area contributed by atoms with E-state index < -0.39 is 5.82 Å². The first-order valence-electron chi connectivity index (χ1n) is 7.25. The molecule has 2 heterocycles. The largest absolute Gasteiger partial charge is 0.492 e. The van der Waals surface area contributed by atoms with Gasteiger partial charge in [0, 0.05) is 30.3 Å². The lowest BCUT2D eigenvalue weighted by molar-refractivity contribution is 0.102. The average molecular weight is 346 g/mol.